The molecule has 6 heteroatoms. The summed E-state index contributed by atoms with van der Waals surface area (Å²) in [4.78, 5) is 40.4. The number of amides is 2. The summed E-state index contributed by atoms with van der Waals surface area (Å²) in [5.74, 6) is 0.413. The molecular weight excluding hydrogens is 500 g/mol. The fraction of sp³-hybridized carbons (Fsp3) is 0.382. The molecule has 0 saturated heterocycles. The largest absolute Gasteiger partial charge is 0.465 e. The molecule has 40 heavy (non-hydrogen) atoms. The number of urea groups is 1. The van der Waals surface area contributed by atoms with Crippen molar-refractivity contribution in [3.63, 3.8) is 0 Å². The minimum absolute atomic E-state index is 0.0190. The van der Waals surface area contributed by atoms with Gasteiger partial charge >= 0.3 is 12.0 Å². The lowest BCUT2D eigenvalue weighted by atomic mass is 9.85. The van der Waals surface area contributed by atoms with Gasteiger partial charge in [0.15, 0.2) is 0 Å². The lowest BCUT2D eigenvalue weighted by molar-refractivity contribution is -0.120. The molecule has 0 spiro atoms. The Hall–Kier alpha value is -3.93. The Morgan fingerprint density at radius 2 is 1.80 bits per heavy atom. The predicted octanol–water partition coefficient (Wildman–Crippen LogP) is 6.07. The summed E-state index contributed by atoms with van der Waals surface area (Å²) >= 11 is 0. The van der Waals surface area contributed by atoms with Crippen molar-refractivity contribution in [2.45, 2.75) is 63.5 Å². The summed E-state index contributed by atoms with van der Waals surface area (Å²) in [6.45, 7) is 3.23. The Balaban J connectivity index is 1.25. The minimum atomic E-state index is -0.365. The van der Waals surface area contributed by atoms with E-state index in [1.807, 2.05) is 41.3 Å². The smallest absolute Gasteiger partial charge is 0.337 e. The number of Topliss-reactive ketones (excluding diaryl/α,β-unsaturated/α-hetero) is 1. The number of esters is 1. The average molecular weight is 537 g/mol. The first-order valence-corrected chi connectivity index (χ1v) is 14.3. The lowest BCUT2D eigenvalue weighted by Crippen LogP contribution is -2.47. The first-order valence-electron chi connectivity index (χ1n) is 14.3. The van der Waals surface area contributed by atoms with Crippen LogP contribution in [0, 0.1) is 5.92 Å². The number of fused-ring (bicyclic) bond motifs is 1. The molecule has 2 saturated carbocycles. The van der Waals surface area contributed by atoms with Gasteiger partial charge in [-0.1, -0.05) is 54.6 Å². The van der Waals surface area contributed by atoms with Gasteiger partial charge in [0.25, 0.3) is 0 Å². The second-order valence-corrected chi connectivity index (χ2v) is 11.8. The molecule has 2 fully saturated rings. The summed E-state index contributed by atoms with van der Waals surface area (Å²) in [5, 5.41) is 3.20. The van der Waals surface area contributed by atoms with Crippen LogP contribution in [0.15, 0.2) is 66.7 Å². The van der Waals surface area contributed by atoms with Crippen LogP contribution in [0.1, 0.15) is 71.1 Å². The van der Waals surface area contributed by atoms with Crippen molar-refractivity contribution >= 4 is 17.8 Å². The highest BCUT2D eigenvalue weighted by molar-refractivity contribution is 5.91. The van der Waals surface area contributed by atoms with Gasteiger partial charge in [-0.25, -0.2) is 9.59 Å². The fourth-order valence-electron chi connectivity index (χ4n) is 6.06. The molecule has 0 bridgehead atoms. The minimum Gasteiger partial charge on any atom is -0.465 e. The van der Waals surface area contributed by atoms with Crippen molar-refractivity contribution in [1.29, 1.82) is 0 Å². The van der Waals surface area contributed by atoms with Crippen LogP contribution in [-0.4, -0.2) is 41.9 Å². The van der Waals surface area contributed by atoms with Crippen molar-refractivity contribution in [2.75, 3.05) is 13.7 Å². The van der Waals surface area contributed by atoms with Gasteiger partial charge in [-0.3, -0.25) is 4.79 Å². The van der Waals surface area contributed by atoms with Gasteiger partial charge in [-0.2, -0.15) is 0 Å². The number of nitrogens with zero attached hydrogens (tertiary/aromatic N) is 1. The van der Waals surface area contributed by atoms with Crippen LogP contribution in [0.2, 0.25) is 0 Å². The van der Waals surface area contributed by atoms with E-state index in [9.17, 15) is 14.4 Å². The van der Waals surface area contributed by atoms with Crippen molar-refractivity contribution < 1.29 is 19.1 Å². The topological polar surface area (TPSA) is 75.7 Å². The van der Waals surface area contributed by atoms with Gasteiger partial charge < -0.3 is 15.0 Å². The second kappa shape index (κ2) is 10.6. The molecule has 3 aromatic carbocycles. The quantitative estimate of drug-likeness (QED) is 0.355. The lowest BCUT2D eigenvalue weighted by Gasteiger charge is -2.33. The zero-order chi connectivity index (χ0) is 27.9. The number of ether oxygens (including phenoxy) is 1. The standard InChI is InChI=1S/C34H36N2O4/c1-34(16-17-34)35-33(39)36-18-15-27-26(24-9-6-10-25(19-24)32(38)40-2)13-11-23(30(27)21-36)12-14-31(37)29-20-28(29)22-7-4-3-5-8-22/h3-11,13,19,28-29H,12,14-18,20-21H2,1-2H3,(H,35,39)/t28-,29+/m1/s1. The molecular formula is C34H36N2O4. The molecule has 0 aromatic heterocycles. The van der Waals surface area contributed by atoms with E-state index in [4.69, 9.17) is 4.74 Å². The normalized spacial score (nSPS) is 20.3. The van der Waals surface area contributed by atoms with Gasteiger partial charge in [0.05, 0.1) is 12.7 Å². The van der Waals surface area contributed by atoms with E-state index in [0.717, 1.165) is 47.9 Å². The third-order valence-electron chi connectivity index (χ3n) is 8.87. The summed E-state index contributed by atoms with van der Waals surface area (Å²) in [6, 6.07) is 22.0. The number of carbonyl (C=O) groups excluding carboxylic acids is 3. The zero-order valence-electron chi connectivity index (χ0n) is 23.2. The van der Waals surface area contributed by atoms with Crippen molar-refractivity contribution in [3.8, 4) is 11.1 Å². The highest BCUT2D eigenvalue weighted by Crippen LogP contribution is 2.48. The molecule has 6 rings (SSSR count). The molecule has 3 aliphatic rings. The van der Waals surface area contributed by atoms with Crippen molar-refractivity contribution in [3.05, 3.63) is 94.5 Å². The van der Waals surface area contributed by atoms with E-state index in [0.29, 0.717) is 43.2 Å². The maximum absolute atomic E-state index is 13.2. The SMILES string of the molecule is COC(=O)c1cccc(-c2ccc(CCC(=O)[C@H]3C[C@@H]3c3ccccc3)c3c2CCN(C(=O)NC2(C)CC2)C3)c1. The maximum atomic E-state index is 13.2. The van der Waals surface area contributed by atoms with Crippen LogP contribution in [0.4, 0.5) is 4.79 Å². The summed E-state index contributed by atoms with van der Waals surface area (Å²) in [5.41, 5.74) is 7.16. The zero-order valence-corrected chi connectivity index (χ0v) is 23.2. The molecule has 0 radical (unpaired) electrons. The van der Waals surface area contributed by atoms with Crippen molar-refractivity contribution in [2.24, 2.45) is 5.92 Å². The Morgan fingerprint density at radius 3 is 2.55 bits per heavy atom. The Bertz CT molecular complexity index is 1460. The van der Waals surface area contributed by atoms with Crippen LogP contribution < -0.4 is 5.32 Å². The van der Waals surface area contributed by atoms with Crippen LogP contribution in [0.25, 0.3) is 11.1 Å². The molecule has 3 aromatic rings. The highest BCUT2D eigenvalue weighted by atomic mass is 16.5. The third-order valence-corrected chi connectivity index (χ3v) is 8.87. The van der Waals surface area contributed by atoms with Gasteiger partial charge in [0, 0.05) is 31.0 Å². The number of rotatable bonds is 8. The van der Waals surface area contributed by atoms with Crippen LogP contribution >= 0.6 is 0 Å². The molecule has 2 aliphatic carbocycles. The number of hydrogen-bond donors (Lipinski definition) is 1. The van der Waals surface area contributed by atoms with Crippen LogP contribution in [0.5, 0.6) is 0 Å². The molecule has 0 unspecified atom stereocenters. The van der Waals surface area contributed by atoms with E-state index in [1.54, 1.807) is 6.07 Å². The molecule has 1 N–H and O–H groups in total. The molecule has 1 aliphatic heterocycles. The highest BCUT2D eigenvalue weighted by Gasteiger charge is 2.43. The second-order valence-electron chi connectivity index (χ2n) is 11.8. The van der Waals surface area contributed by atoms with Gasteiger partial charge in [-0.05, 0) is 90.5 Å². The van der Waals surface area contributed by atoms with Gasteiger partial charge in [0.1, 0.15) is 5.78 Å². The Kier molecular flexibility index (Phi) is 6.95. The number of ketones is 1. The number of hydrogen-bond acceptors (Lipinski definition) is 4. The summed E-state index contributed by atoms with van der Waals surface area (Å²) in [7, 11) is 1.39. The van der Waals surface area contributed by atoms with E-state index in [2.05, 4.69) is 36.5 Å². The van der Waals surface area contributed by atoms with E-state index < -0.39 is 0 Å². The monoisotopic (exact) mass is 536 g/mol. The number of nitrogens with one attached hydrogen (secondary N) is 1. The average Bonchev–Trinajstić information content (AvgIpc) is 3.92. The predicted molar refractivity (Wildman–Crippen MR) is 154 cm³/mol. The molecule has 1 heterocycles. The molecule has 206 valence electrons. The molecule has 2 amide bonds. The molecule has 2 atom stereocenters. The number of aryl methyl sites for hydroxylation is 1. The Morgan fingerprint density at radius 1 is 1.00 bits per heavy atom. The maximum Gasteiger partial charge on any atom is 0.337 e. The van der Waals surface area contributed by atoms with E-state index >= 15 is 0 Å². The first kappa shape index (κ1) is 26.3. The summed E-state index contributed by atoms with van der Waals surface area (Å²) < 4.78 is 4.94. The summed E-state index contributed by atoms with van der Waals surface area (Å²) in [6.07, 6.45) is 4.85. The fourth-order valence-corrected chi connectivity index (χ4v) is 6.06. The van der Waals surface area contributed by atoms with Gasteiger partial charge in [0.2, 0.25) is 0 Å². The Labute approximate surface area is 235 Å². The number of carbonyl (C=O) groups is 3. The third kappa shape index (κ3) is 5.40. The number of benzene rings is 3. The van der Waals surface area contributed by atoms with Crippen LogP contribution in [0.3, 0.4) is 0 Å². The molecule has 6 nitrogen and oxygen atoms in total. The van der Waals surface area contributed by atoms with E-state index in [1.165, 1.54) is 18.2 Å². The first-order chi connectivity index (χ1) is 19.3. The number of methoxy groups -OCH3 is 1. The van der Waals surface area contributed by atoms with Gasteiger partial charge in [-0.15, -0.1) is 0 Å². The van der Waals surface area contributed by atoms with Crippen LogP contribution in [-0.2, 0) is 28.9 Å². The van der Waals surface area contributed by atoms with E-state index in [-0.39, 0.29) is 23.5 Å². The van der Waals surface area contributed by atoms with Crippen molar-refractivity contribution in [1.82, 2.24) is 10.2 Å².